The molecule has 3 aromatic rings. The number of anilines is 2. The molecule has 1 aliphatic carbocycles. The highest BCUT2D eigenvalue weighted by molar-refractivity contribution is 6.01. The highest BCUT2D eigenvalue weighted by Crippen LogP contribution is 2.45. The van der Waals surface area contributed by atoms with E-state index in [0.29, 0.717) is 12.2 Å². The molecule has 2 aliphatic rings. The summed E-state index contributed by atoms with van der Waals surface area (Å²) in [6.07, 6.45) is 2.24. The summed E-state index contributed by atoms with van der Waals surface area (Å²) in [5.41, 5.74) is 7.27. The van der Waals surface area contributed by atoms with E-state index in [-0.39, 0.29) is 23.8 Å². The average Bonchev–Trinajstić information content (AvgIpc) is 3.05. The molecule has 0 aromatic heterocycles. The summed E-state index contributed by atoms with van der Waals surface area (Å²) in [4.78, 5) is 13.8. The first-order valence-corrected chi connectivity index (χ1v) is 12.8. The van der Waals surface area contributed by atoms with E-state index in [4.69, 9.17) is 9.47 Å². The SMILES string of the molecule is CCc1ccc(C2Nc3ccccc3NC3=C2C(=O)CC(c2ccc(OC(C)C)c(OC)c2)C3)cc1. The molecule has 3 aromatic carbocycles. The normalized spacial score (nSPS) is 19.1. The Labute approximate surface area is 213 Å². The van der Waals surface area contributed by atoms with Gasteiger partial charge in [0.15, 0.2) is 17.3 Å². The quantitative estimate of drug-likeness (QED) is 0.395. The maximum absolute atomic E-state index is 13.8. The van der Waals surface area contributed by atoms with Gasteiger partial charge >= 0.3 is 0 Å². The molecular formula is C31H34N2O3. The van der Waals surface area contributed by atoms with E-state index in [2.05, 4.69) is 60.0 Å². The number of benzene rings is 3. The summed E-state index contributed by atoms with van der Waals surface area (Å²) in [7, 11) is 1.66. The van der Waals surface area contributed by atoms with Gasteiger partial charge in [0.25, 0.3) is 0 Å². The first-order valence-electron chi connectivity index (χ1n) is 12.8. The molecule has 5 heteroatoms. The minimum atomic E-state index is -0.202. The van der Waals surface area contributed by atoms with Crippen molar-refractivity contribution in [2.24, 2.45) is 0 Å². The van der Waals surface area contributed by atoms with Gasteiger partial charge in [-0.2, -0.15) is 0 Å². The van der Waals surface area contributed by atoms with Gasteiger partial charge in [-0.3, -0.25) is 4.79 Å². The molecule has 0 radical (unpaired) electrons. The molecule has 2 N–H and O–H groups in total. The van der Waals surface area contributed by atoms with Gasteiger partial charge in [-0.1, -0.05) is 49.4 Å². The number of para-hydroxylation sites is 2. The van der Waals surface area contributed by atoms with Crippen molar-refractivity contribution in [1.82, 2.24) is 0 Å². The van der Waals surface area contributed by atoms with Crippen molar-refractivity contribution in [2.45, 2.75) is 58.1 Å². The molecule has 0 amide bonds. The molecule has 2 atom stereocenters. The van der Waals surface area contributed by atoms with Gasteiger partial charge in [-0.25, -0.2) is 0 Å². The first kappa shape index (κ1) is 24.0. The summed E-state index contributed by atoms with van der Waals surface area (Å²) in [6, 6.07) is 22.6. The Hall–Kier alpha value is -3.73. The topological polar surface area (TPSA) is 59.6 Å². The lowest BCUT2D eigenvalue weighted by Crippen LogP contribution is -2.27. The lowest BCUT2D eigenvalue weighted by molar-refractivity contribution is -0.116. The zero-order chi connectivity index (χ0) is 25.2. The maximum atomic E-state index is 13.8. The number of fused-ring (bicyclic) bond motifs is 1. The molecule has 5 rings (SSSR count). The van der Waals surface area contributed by atoms with Crippen molar-refractivity contribution < 1.29 is 14.3 Å². The molecule has 36 heavy (non-hydrogen) atoms. The van der Waals surface area contributed by atoms with E-state index in [1.165, 1.54) is 5.56 Å². The van der Waals surface area contributed by atoms with Crippen LogP contribution in [0.1, 0.15) is 62.3 Å². The molecule has 186 valence electrons. The number of aryl methyl sites for hydroxylation is 1. The Kier molecular flexibility index (Phi) is 6.73. The third-order valence-corrected chi connectivity index (χ3v) is 7.05. The Morgan fingerprint density at radius 1 is 0.917 bits per heavy atom. The van der Waals surface area contributed by atoms with Gasteiger partial charge in [-0.15, -0.1) is 0 Å². The van der Waals surface area contributed by atoms with Crippen LogP contribution in [0.2, 0.25) is 0 Å². The van der Waals surface area contributed by atoms with Crippen molar-refractivity contribution in [3.63, 3.8) is 0 Å². The van der Waals surface area contributed by atoms with Crippen molar-refractivity contribution in [3.8, 4) is 11.5 Å². The monoisotopic (exact) mass is 482 g/mol. The molecule has 0 saturated heterocycles. The van der Waals surface area contributed by atoms with Crippen molar-refractivity contribution >= 4 is 17.2 Å². The smallest absolute Gasteiger partial charge is 0.163 e. The predicted molar refractivity (Wildman–Crippen MR) is 145 cm³/mol. The summed E-state index contributed by atoms with van der Waals surface area (Å²) in [6.45, 7) is 6.15. The number of allylic oxidation sites excluding steroid dienone is 1. The van der Waals surface area contributed by atoms with Crippen LogP contribution in [0.15, 0.2) is 78.0 Å². The number of methoxy groups -OCH3 is 1. The molecule has 1 aliphatic heterocycles. The molecule has 0 bridgehead atoms. The van der Waals surface area contributed by atoms with Crippen LogP contribution in [0, 0.1) is 0 Å². The lowest BCUT2D eigenvalue weighted by atomic mass is 9.78. The summed E-state index contributed by atoms with van der Waals surface area (Å²) < 4.78 is 11.5. The van der Waals surface area contributed by atoms with E-state index in [1.54, 1.807) is 7.11 Å². The van der Waals surface area contributed by atoms with Crippen LogP contribution in [-0.2, 0) is 11.2 Å². The van der Waals surface area contributed by atoms with E-state index in [0.717, 1.165) is 52.4 Å². The van der Waals surface area contributed by atoms with Crippen molar-refractivity contribution in [1.29, 1.82) is 0 Å². The number of ketones is 1. The Morgan fingerprint density at radius 3 is 2.33 bits per heavy atom. The van der Waals surface area contributed by atoms with Crippen LogP contribution < -0.4 is 20.1 Å². The number of hydrogen-bond donors (Lipinski definition) is 2. The molecular weight excluding hydrogens is 448 g/mol. The molecule has 0 fully saturated rings. The van der Waals surface area contributed by atoms with Gasteiger partial charge in [0.1, 0.15) is 0 Å². The molecule has 1 heterocycles. The fourth-order valence-corrected chi connectivity index (χ4v) is 5.21. The standard InChI is InChI=1S/C31H34N2O3/c1-5-20-10-12-21(13-11-20)31-30-26(32-24-8-6-7-9-25(24)33-31)16-23(17-27(30)34)22-14-15-28(36-19(2)3)29(18-22)35-4/h6-15,18-19,23,31-33H,5,16-17H2,1-4H3. The molecule has 2 unspecified atom stereocenters. The van der Waals surface area contributed by atoms with Crippen LogP contribution >= 0.6 is 0 Å². The summed E-state index contributed by atoms with van der Waals surface area (Å²) in [5, 5.41) is 7.28. The van der Waals surface area contributed by atoms with Crippen LogP contribution in [0.4, 0.5) is 11.4 Å². The maximum Gasteiger partial charge on any atom is 0.163 e. The zero-order valence-electron chi connectivity index (χ0n) is 21.4. The average molecular weight is 483 g/mol. The third kappa shape index (κ3) is 4.70. The fourth-order valence-electron chi connectivity index (χ4n) is 5.21. The fraction of sp³-hybridized carbons (Fsp3) is 0.323. The number of nitrogens with one attached hydrogen (secondary N) is 2. The second-order valence-corrected chi connectivity index (χ2v) is 9.84. The second-order valence-electron chi connectivity index (χ2n) is 9.84. The Bertz CT molecular complexity index is 1290. The number of rotatable bonds is 6. The summed E-state index contributed by atoms with van der Waals surface area (Å²) in [5.74, 6) is 1.64. The van der Waals surface area contributed by atoms with Crippen LogP contribution in [-0.4, -0.2) is 19.0 Å². The predicted octanol–water partition coefficient (Wildman–Crippen LogP) is 7.02. The highest BCUT2D eigenvalue weighted by atomic mass is 16.5. The molecule has 0 spiro atoms. The zero-order valence-corrected chi connectivity index (χ0v) is 21.4. The summed E-state index contributed by atoms with van der Waals surface area (Å²) >= 11 is 0. The van der Waals surface area contributed by atoms with Gasteiger partial charge in [0.2, 0.25) is 0 Å². The minimum absolute atomic E-state index is 0.0547. The van der Waals surface area contributed by atoms with Crippen LogP contribution in [0.5, 0.6) is 11.5 Å². The Balaban J connectivity index is 1.53. The van der Waals surface area contributed by atoms with E-state index in [1.807, 2.05) is 38.1 Å². The number of ether oxygens (including phenoxy) is 2. The van der Waals surface area contributed by atoms with Gasteiger partial charge in [-0.05, 0) is 73.6 Å². The number of carbonyl (C=O) groups is 1. The van der Waals surface area contributed by atoms with Crippen LogP contribution in [0.3, 0.4) is 0 Å². The third-order valence-electron chi connectivity index (χ3n) is 7.05. The second kappa shape index (κ2) is 10.1. The minimum Gasteiger partial charge on any atom is -0.493 e. The number of carbonyl (C=O) groups excluding carboxylic acids is 1. The number of hydrogen-bond acceptors (Lipinski definition) is 5. The number of Topliss-reactive ketones (excluding diaryl/α,β-unsaturated/α-hetero) is 1. The van der Waals surface area contributed by atoms with Gasteiger partial charge in [0, 0.05) is 17.7 Å². The Morgan fingerprint density at radius 2 is 1.64 bits per heavy atom. The van der Waals surface area contributed by atoms with Gasteiger partial charge < -0.3 is 20.1 Å². The van der Waals surface area contributed by atoms with E-state index in [9.17, 15) is 4.79 Å². The van der Waals surface area contributed by atoms with Gasteiger partial charge in [0.05, 0.1) is 30.6 Å². The van der Waals surface area contributed by atoms with E-state index >= 15 is 0 Å². The van der Waals surface area contributed by atoms with Crippen molar-refractivity contribution in [2.75, 3.05) is 17.7 Å². The molecule has 0 saturated carbocycles. The largest absolute Gasteiger partial charge is 0.493 e. The molecule has 5 nitrogen and oxygen atoms in total. The van der Waals surface area contributed by atoms with Crippen LogP contribution in [0.25, 0.3) is 0 Å². The lowest BCUT2D eigenvalue weighted by Gasteiger charge is -2.30. The van der Waals surface area contributed by atoms with Crippen molar-refractivity contribution in [3.05, 3.63) is 94.7 Å². The van der Waals surface area contributed by atoms with E-state index < -0.39 is 0 Å². The first-order chi connectivity index (χ1) is 17.5. The highest BCUT2D eigenvalue weighted by Gasteiger charge is 2.36.